The van der Waals surface area contributed by atoms with Gasteiger partial charge in [-0.1, -0.05) is 34.3 Å². The lowest BCUT2D eigenvalue weighted by molar-refractivity contribution is -0.136. The summed E-state index contributed by atoms with van der Waals surface area (Å²) in [5.74, 6) is -0.0910. The smallest absolute Gasteiger partial charge is 0.333 e. The van der Waals surface area contributed by atoms with Gasteiger partial charge >= 0.3 is 5.97 Å². The Morgan fingerprint density at radius 2 is 1.96 bits per heavy atom. The van der Waals surface area contributed by atoms with Crippen LogP contribution in [0.4, 0.5) is 0 Å². The maximum atomic E-state index is 12.3. The molecular formula is C19H29N3O5. The molecule has 0 aliphatic carbocycles. The van der Waals surface area contributed by atoms with Crippen molar-refractivity contribution < 1.29 is 19.1 Å². The molecule has 0 saturated carbocycles. The average molecular weight is 379 g/mol. The minimum absolute atomic E-state index is 0.0328. The fraction of sp³-hybridized carbons (Fsp3) is 0.579. The minimum atomic E-state index is -0.513. The number of nitrogens with zero attached hydrogens (tertiary/aromatic N) is 2. The van der Waals surface area contributed by atoms with Crippen molar-refractivity contribution in [2.75, 3.05) is 20.3 Å². The predicted octanol–water partition coefficient (Wildman–Crippen LogP) is 1.64. The molecule has 0 radical (unpaired) electrons. The van der Waals surface area contributed by atoms with Crippen molar-refractivity contribution in [2.24, 2.45) is 5.92 Å². The summed E-state index contributed by atoms with van der Waals surface area (Å²) in [5.41, 5.74) is 0.483. The van der Waals surface area contributed by atoms with Gasteiger partial charge in [0.15, 0.2) is 0 Å². The molecule has 1 heterocycles. The van der Waals surface area contributed by atoms with Crippen molar-refractivity contribution in [1.29, 1.82) is 0 Å². The second-order valence-corrected chi connectivity index (χ2v) is 6.94. The highest BCUT2D eigenvalue weighted by molar-refractivity contribution is 5.87. The zero-order valence-corrected chi connectivity index (χ0v) is 16.7. The molecule has 0 saturated heterocycles. The normalized spacial score (nSPS) is 10.8. The first-order valence-corrected chi connectivity index (χ1v) is 8.93. The van der Waals surface area contributed by atoms with Crippen molar-refractivity contribution >= 4 is 11.9 Å². The van der Waals surface area contributed by atoms with E-state index in [9.17, 15) is 14.4 Å². The van der Waals surface area contributed by atoms with Crippen LogP contribution in [-0.4, -0.2) is 41.9 Å². The highest BCUT2D eigenvalue weighted by Crippen LogP contribution is 2.22. The maximum Gasteiger partial charge on any atom is 0.333 e. The first kappa shape index (κ1) is 22.4. The first-order chi connectivity index (χ1) is 12.6. The van der Waals surface area contributed by atoms with Crippen LogP contribution in [0, 0.1) is 5.92 Å². The topological polar surface area (TPSA) is 99.5 Å². The molecule has 1 N–H and O–H groups in total. The number of carbonyl (C=O) groups is 2. The monoisotopic (exact) mass is 379 g/mol. The summed E-state index contributed by atoms with van der Waals surface area (Å²) in [7, 11) is 1.27. The van der Waals surface area contributed by atoms with E-state index in [4.69, 9.17) is 4.74 Å². The van der Waals surface area contributed by atoms with Gasteiger partial charge in [0.25, 0.3) is 5.56 Å². The van der Waals surface area contributed by atoms with Crippen LogP contribution >= 0.6 is 0 Å². The number of hydrogen-bond donors (Lipinski definition) is 1. The lowest BCUT2D eigenvalue weighted by atomic mass is 10.1. The summed E-state index contributed by atoms with van der Waals surface area (Å²) in [6, 6.07) is 1.37. The average Bonchev–Trinajstić information content (AvgIpc) is 2.60. The van der Waals surface area contributed by atoms with E-state index in [1.807, 2.05) is 27.7 Å². The second kappa shape index (κ2) is 10.5. The van der Waals surface area contributed by atoms with E-state index in [0.29, 0.717) is 24.0 Å². The van der Waals surface area contributed by atoms with Crippen molar-refractivity contribution in [3.05, 3.63) is 34.3 Å². The number of esters is 1. The van der Waals surface area contributed by atoms with Gasteiger partial charge in [0.1, 0.15) is 18.0 Å². The van der Waals surface area contributed by atoms with E-state index in [-0.39, 0.29) is 36.9 Å². The van der Waals surface area contributed by atoms with Gasteiger partial charge in [-0.25, -0.2) is 9.48 Å². The molecule has 1 aromatic heterocycles. The van der Waals surface area contributed by atoms with Crippen LogP contribution in [0.15, 0.2) is 23.0 Å². The van der Waals surface area contributed by atoms with E-state index in [2.05, 4.69) is 21.7 Å². The Labute approximate surface area is 159 Å². The number of ether oxygens (including phenoxy) is 2. The molecule has 150 valence electrons. The second-order valence-electron chi connectivity index (χ2n) is 6.94. The van der Waals surface area contributed by atoms with Crippen LogP contribution in [0.5, 0.6) is 5.75 Å². The molecule has 8 nitrogen and oxygen atoms in total. The first-order valence-electron chi connectivity index (χ1n) is 8.93. The van der Waals surface area contributed by atoms with Gasteiger partial charge in [0.05, 0.1) is 13.7 Å². The number of methoxy groups -OCH3 is 1. The van der Waals surface area contributed by atoms with Gasteiger partial charge in [-0.3, -0.25) is 9.59 Å². The summed E-state index contributed by atoms with van der Waals surface area (Å²) in [6.07, 6.45) is 0.264. The molecule has 0 unspecified atom stereocenters. The Balaban J connectivity index is 2.78. The molecule has 1 aromatic rings. The molecule has 0 aliphatic rings. The van der Waals surface area contributed by atoms with Gasteiger partial charge in [-0.05, 0) is 12.3 Å². The molecule has 8 heteroatoms. The Kier molecular flexibility index (Phi) is 8.71. The molecule has 0 aromatic carbocycles. The Morgan fingerprint density at radius 3 is 2.52 bits per heavy atom. The quantitative estimate of drug-likeness (QED) is 0.490. The van der Waals surface area contributed by atoms with Crippen LogP contribution in [0.25, 0.3) is 0 Å². The van der Waals surface area contributed by atoms with E-state index in [1.54, 1.807) is 0 Å². The zero-order chi connectivity index (χ0) is 20.6. The highest BCUT2D eigenvalue weighted by Gasteiger charge is 2.16. The van der Waals surface area contributed by atoms with Crippen LogP contribution in [0.1, 0.15) is 45.7 Å². The highest BCUT2D eigenvalue weighted by atomic mass is 16.5. The summed E-state index contributed by atoms with van der Waals surface area (Å²) in [4.78, 5) is 35.6. The molecule has 0 aliphatic heterocycles. The number of hydrogen-bond acceptors (Lipinski definition) is 6. The van der Waals surface area contributed by atoms with E-state index in [0.717, 1.165) is 4.68 Å². The van der Waals surface area contributed by atoms with Crippen molar-refractivity contribution in [3.8, 4) is 5.75 Å². The van der Waals surface area contributed by atoms with Gasteiger partial charge in [0, 0.05) is 24.1 Å². The van der Waals surface area contributed by atoms with E-state index >= 15 is 0 Å². The maximum absolute atomic E-state index is 12.3. The lowest BCUT2D eigenvalue weighted by Gasteiger charge is -2.16. The number of nitrogens with one attached hydrogen (secondary N) is 1. The van der Waals surface area contributed by atoms with Crippen molar-refractivity contribution in [2.45, 2.75) is 46.6 Å². The SMILES string of the molecule is C=C(CCNC(=O)Cn1nc(C(C)C)c(OCC(C)C)cc1=O)C(=O)OC. The summed E-state index contributed by atoms with van der Waals surface area (Å²) in [5, 5.41) is 6.93. The lowest BCUT2D eigenvalue weighted by Crippen LogP contribution is -2.35. The number of carbonyl (C=O) groups excluding carboxylic acids is 2. The molecule has 0 bridgehead atoms. The minimum Gasteiger partial charge on any atom is -0.491 e. The zero-order valence-electron chi connectivity index (χ0n) is 16.7. The van der Waals surface area contributed by atoms with Gasteiger partial charge < -0.3 is 14.8 Å². The molecule has 1 amide bonds. The van der Waals surface area contributed by atoms with Gasteiger partial charge in [-0.15, -0.1) is 0 Å². The predicted molar refractivity (Wildman–Crippen MR) is 102 cm³/mol. The van der Waals surface area contributed by atoms with Crippen molar-refractivity contribution in [3.63, 3.8) is 0 Å². The molecular weight excluding hydrogens is 350 g/mol. The molecule has 0 fully saturated rings. The van der Waals surface area contributed by atoms with Gasteiger partial charge in [-0.2, -0.15) is 5.10 Å². The number of rotatable bonds is 10. The van der Waals surface area contributed by atoms with Crippen LogP contribution in [0.2, 0.25) is 0 Å². The third kappa shape index (κ3) is 7.24. The van der Waals surface area contributed by atoms with Crippen LogP contribution in [-0.2, 0) is 20.9 Å². The molecule has 0 atom stereocenters. The van der Waals surface area contributed by atoms with Crippen LogP contribution < -0.4 is 15.6 Å². The number of aromatic nitrogens is 2. The standard InChI is InChI=1S/C19H29N3O5/c1-12(2)11-27-15-9-17(24)22(21-18(15)13(3)4)10-16(23)20-8-7-14(5)19(25)26-6/h9,12-13H,5,7-8,10-11H2,1-4,6H3,(H,20,23). The summed E-state index contributed by atoms with van der Waals surface area (Å²) in [6.45, 7) is 12.0. The molecule has 1 rings (SSSR count). The van der Waals surface area contributed by atoms with Crippen LogP contribution in [0.3, 0.4) is 0 Å². The molecule has 0 spiro atoms. The number of amides is 1. The van der Waals surface area contributed by atoms with E-state index < -0.39 is 11.5 Å². The fourth-order valence-electron chi connectivity index (χ4n) is 2.17. The third-order valence-corrected chi connectivity index (χ3v) is 3.63. The Hall–Kier alpha value is -2.64. The van der Waals surface area contributed by atoms with Crippen molar-refractivity contribution in [1.82, 2.24) is 15.1 Å². The fourth-order valence-corrected chi connectivity index (χ4v) is 2.17. The summed E-state index contributed by atoms with van der Waals surface area (Å²) < 4.78 is 11.4. The summed E-state index contributed by atoms with van der Waals surface area (Å²) >= 11 is 0. The van der Waals surface area contributed by atoms with Gasteiger partial charge in [0.2, 0.25) is 5.91 Å². The van der Waals surface area contributed by atoms with E-state index in [1.165, 1.54) is 13.2 Å². The third-order valence-electron chi connectivity index (χ3n) is 3.63. The Bertz CT molecular complexity index is 737. The largest absolute Gasteiger partial charge is 0.491 e. The molecule has 27 heavy (non-hydrogen) atoms. The Morgan fingerprint density at radius 1 is 1.30 bits per heavy atom.